The molecule has 3 aromatic rings. The fraction of sp³-hybridized carbons (Fsp3) is 0.200. The van der Waals surface area contributed by atoms with Gasteiger partial charge in [-0.25, -0.2) is 0 Å². The lowest BCUT2D eigenvalue weighted by molar-refractivity contribution is 0.321. The van der Waals surface area contributed by atoms with E-state index in [2.05, 4.69) is 36.2 Å². The predicted molar refractivity (Wildman–Crippen MR) is 71.6 cm³/mol. The van der Waals surface area contributed by atoms with Crippen LogP contribution in [0, 0.1) is 0 Å². The van der Waals surface area contributed by atoms with E-state index in [1.54, 1.807) is 0 Å². The fourth-order valence-electron chi connectivity index (χ4n) is 2.20. The maximum atomic E-state index is 5.81. The Balaban J connectivity index is 2.28. The first-order chi connectivity index (χ1) is 8.40. The first kappa shape index (κ1) is 10.2. The van der Waals surface area contributed by atoms with E-state index >= 15 is 0 Å². The molecule has 0 unspecified atom stereocenters. The highest BCUT2D eigenvalue weighted by Gasteiger charge is 2.08. The maximum absolute atomic E-state index is 5.81. The molecule has 0 fully saturated rings. The molecule has 0 saturated carbocycles. The Hall–Kier alpha value is -1.96. The summed E-state index contributed by atoms with van der Waals surface area (Å²) in [6, 6.07) is 14.5. The van der Waals surface area contributed by atoms with Crippen LogP contribution in [-0.4, -0.2) is 11.6 Å². The number of rotatable bonds is 3. The van der Waals surface area contributed by atoms with E-state index in [1.165, 1.54) is 10.8 Å². The van der Waals surface area contributed by atoms with Crippen molar-refractivity contribution in [2.45, 2.75) is 13.3 Å². The van der Waals surface area contributed by atoms with E-state index in [0.717, 1.165) is 29.8 Å². The van der Waals surface area contributed by atoms with Gasteiger partial charge in [-0.3, -0.25) is 0 Å². The van der Waals surface area contributed by atoms with Crippen molar-refractivity contribution in [2.75, 3.05) is 6.61 Å². The van der Waals surface area contributed by atoms with Gasteiger partial charge in [0, 0.05) is 16.3 Å². The van der Waals surface area contributed by atoms with Crippen LogP contribution in [-0.2, 0) is 0 Å². The molecule has 0 aliphatic carbocycles. The number of ether oxygens (including phenoxy) is 1. The van der Waals surface area contributed by atoms with Crippen LogP contribution in [0.1, 0.15) is 13.3 Å². The van der Waals surface area contributed by atoms with Crippen molar-refractivity contribution < 1.29 is 4.74 Å². The van der Waals surface area contributed by atoms with E-state index in [0.29, 0.717) is 0 Å². The van der Waals surface area contributed by atoms with Crippen LogP contribution in [0.2, 0.25) is 0 Å². The van der Waals surface area contributed by atoms with Gasteiger partial charge < -0.3 is 9.72 Å². The van der Waals surface area contributed by atoms with Crippen molar-refractivity contribution >= 4 is 21.8 Å². The second-order valence-electron chi connectivity index (χ2n) is 4.20. The smallest absolute Gasteiger partial charge is 0.129 e. The van der Waals surface area contributed by atoms with E-state index in [4.69, 9.17) is 4.74 Å². The van der Waals surface area contributed by atoms with Gasteiger partial charge >= 0.3 is 0 Å². The second kappa shape index (κ2) is 4.13. The maximum Gasteiger partial charge on any atom is 0.129 e. The van der Waals surface area contributed by atoms with Gasteiger partial charge in [0.05, 0.1) is 12.1 Å². The summed E-state index contributed by atoms with van der Waals surface area (Å²) >= 11 is 0. The van der Waals surface area contributed by atoms with E-state index in [9.17, 15) is 0 Å². The molecule has 0 amide bonds. The summed E-state index contributed by atoms with van der Waals surface area (Å²) in [5.74, 6) is 0.974. The third-order valence-electron chi connectivity index (χ3n) is 2.95. The van der Waals surface area contributed by atoms with Crippen molar-refractivity contribution in [3.63, 3.8) is 0 Å². The van der Waals surface area contributed by atoms with Crippen LogP contribution in [0.5, 0.6) is 5.75 Å². The van der Waals surface area contributed by atoms with Crippen molar-refractivity contribution in [1.29, 1.82) is 0 Å². The standard InChI is InChI=1S/C15H15NO/c1-2-10-17-14-9-5-8-13-15(14)11-6-3-4-7-12(11)16-13/h3-9,16H,2,10H2,1H3. The van der Waals surface area contributed by atoms with E-state index in [1.807, 2.05) is 18.2 Å². The van der Waals surface area contributed by atoms with Crippen LogP contribution in [0.25, 0.3) is 21.8 Å². The Morgan fingerprint density at radius 1 is 1.00 bits per heavy atom. The third-order valence-corrected chi connectivity index (χ3v) is 2.95. The highest BCUT2D eigenvalue weighted by atomic mass is 16.5. The lowest BCUT2D eigenvalue weighted by Gasteiger charge is -2.05. The second-order valence-corrected chi connectivity index (χ2v) is 4.20. The molecule has 2 aromatic carbocycles. The first-order valence-corrected chi connectivity index (χ1v) is 6.02. The minimum atomic E-state index is 0.763. The average Bonchev–Trinajstić information content (AvgIpc) is 2.75. The van der Waals surface area contributed by atoms with Crippen molar-refractivity contribution in [3.05, 3.63) is 42.5 Å². The molecule has 2 heteroatoms. The summed E-state index contributed by atoms with van der Waals surface area (Å²) in [5, 5.41) is 2.42. The highest BCUT2D eigenvalue weighted by Crippen LogP contribution is 2.32. The van der Waals surface area contributed by atoms with Crippen molar-refractivity contribution in [2.24, 2.45) is 0 Å². The molecule has 0 atom stereocenters. The summed E-state index contributed by atoms with van der Waals surface area (Å²) in [6.07, 6.45) is 1.03. The molecule has 1 aromatic heterocycles. The van der Waals surface area contributed by atoms with Crippen molar-refractivity contribution in [1.82, 2.24) is 4.98 Å². The zero-order valence-corrected chi connectivity index (χ0v) is 9.86. The Labute approximate surface area is 100 Å². The molecule has 86 valence electrons. The van der Waals surface area contributed by atoms with Gasteiger partial charge in [-0.05, 0) is 24.6 Å². The number of aromatic nitrogens is 1. The molecular formula is C15H15NO. The summed E-state index contributed by atoms with van der Waals surface area (Å²) in [5.41, 5.74) is 2.30. The van der Waals surface area contributed by atoms with E-state index < -0.39 is 0 Å². The summed E-state index contributed by atoms with van der Waals surface area (Å²) in [6.45, 7) is 2.88. The largest absolute Gasteiger partial charge is 0.493 e. The molecule has 2 nitrogen and oxygen atoms in total. The van der Waals surface area contributed by atoms with Crippen LogP contribution in [0.3, 0.4) is 0 Å². The SMILES string of the molecule is CCCOc1cccc2[nH]c3ccccc3c12. The van der Waals surface area contributed by atoms with Crippen LogP contribution in [0.15, 0.2) is 42.5 Å². The number of benzene rings is 2. The molecule has 0 bridgehead atoms. The Morgan fingerprint density at radius 2 is 1.82 bits per heavy atom. The molecule has 3 rings (SSSR count). The summed E-state index contributed by atoms with van der Waals surface area (Å²) in [7, 11) is 0. The molecule has 1 heterocycles. The fourth-order valence-corrected chi connectivity index (χ4v) is 2.20. The summed E-state index contributed by atoms with van der Waals surface area (Å²) in [4.78, 5) is 3.41. The molecule has 0 spiro atoms. The number of H-pyrrole nitrogens is 1. The molecule has 17 heavy (non-hydrogen) atoms. The van der Waals surface area contributed by atoms with Crippen molar-refractivity contribution in [3.8, 4) is 5.75 Å². The topological polar surface area (TPSA) is 25.0 Å². The number of aromatic amines is 1. The van der Waals surface area contributed by atoms with Gasteiger partial charge in [-0.1, -0.05) is 31.2 Å². The van der Waals surface area contributed by atoms with Crippen LogP contribution in [0.4, 0.5) is 0 Å². The van der Waals surface area contributed by atoms with Crippen LogP contribution >= 0.6 is 0 Å². The Bertz CT molecular complexity index is 654. The highest BCUT2D eigenvalue weighted by molar-refractivity contribution is 6.10. The Kier molecular flexibility index (Phi) is 2.48. The average molecular weight is 225 g/mol. The lowest BCUT2D eigenvalue weighted by Crippen LogP contribution is -1.94. The van der Waals surface area contributed by atoms with Gasteiger partial charge in [0.1, 0.15) is 5.75 Å². The molecule has 0 saturated heterocycles. The van der Waals surface area contributed by atoms with E-state index in [-0.39, 0.29) is 0 Å². The number of hydrogen-bond acceptors (Lipinski definition) is 1. The quantitative estimate of drug-likeness (QED) is 0.713. The minimum absolute atomic E-state index is 0.763. The normalized spacial score (nSPS) is 11.1. The molecule has 1 N–H and O–H groups in total. The minimum Gasteiger partial charge on any atom is -0.493 e. The zero-order chi connectivity index (χ0) is 11.7. The number of hydrogen-bond donors (Lipinski definition) is 1. The van der Waals surface area contributed by atoms with Crippen LogP contribution < -0.4 is 4.74 Å². The van der Waals surface area contributed by atoms with Gasteiger partial charge in [-0.2, -0.15) is 0 Å². The Morgan fingerprint density at radius 3 is 2.71 bits per heavy atom. The van der Waals surface area contributed by atoms with Gasteiger partial charge in [0.25, 0.3) is 0 Å². The zero-order valence-electron chi connectivity index (χ0n) is 9.86. The van der Waals surface area contributed by atoms with Gasteiger partial charge in [0.15, 0.2) is 0 Å². The molecule has 0 aliphatic rings. The predicted octanol–water partition coefficient (Wildman–Crippen LogP) is 4.11. The monoisotopic (exact) mass is 225 g/mol. The first-order valence-electron chi connectivity index (χ1n) is 6.02. The molecular weight excluding hydrogens is 210 g/mol. The lowest BCUT2D eigenvalue weighted by atomic mass is 10.1. The number of para-hydroxylation sites is 1. The number of nitrogens with one attached hydrogen (secondary N) is 1. The van der Waals surface area contributed by atoms with Gasteiger partial charge in [-0.15, -0.1) is 0 Å². The number of fused-ring (bicyclic) bond motifs is 3. The molecule has 0 radical (unpaired) electrons. The third kappa shape index (κ3) is 1.66. The summed E-state index contributed by atoms with van der Waals surface area (Å²) < 4.78 is 5.81. The van der Waals surface area contributed by atoms with Gasteiger partial charge in [0.2, 0.25) is 0 Å². The molecule has 0 aliphatic heterocycles.